The van der Waals surface area contributed by atoms with E-state index in [9.17, 15) is 0 Å². The van der Waals surface area contributed by atoms with Crippen LogP contribution >= 0.6 is 0 Å². The van der Waals surface area contributed by atoms with Crippen molar-refractivity contribution in [3.8, 4) is 0 Å². The summed E-state index contributed by atoms with van der Waals surface area (Å²) < 4.78 is 0. The van der Waals surface area contributed by atoms with E-state index in [1.54, 1.807) is 12.4 Å². The van der Waals surface area contributed by atoms with Gasteiger partial charge in [-0.05, 0) is 50.4 Å². The molecular formula is C17H23N5. The Morgan fingerprint density at radius 3 is 3.05 bits per heavy atom. The van der Waals surface area contributed by atoms with E-state index in [1.807, 2.05) is 12.3 Å². The first-order valence-corrected chi connectivity index (χ1v) is 8.05. The van der Waals surface area contributed by atoms with Crippen LogP contribution in [0, 0.1) is 5.92 Å². The number of anilines is 1. The first-order chi connectivity index (χ1) is 10.9. The van der Waals surface area contributed by atoms with E-state index in [1.165, 1.54) is 18.5 Å². The third-order valence-electron chi connectivity index (χ3n) is 4.01. The van der Waals surface area contributed by atoms with Gasteiger partial charge in [0.15, 0.2) is 0 Å². The average molecular weight is 297 g/mol. The smallest absolute Gasteiger partial charge is 0.126 e. The molecule has 3 heterocycles. The summed E-state index contributed by atoms with van der Waals surface area (Å²) in [7, 11) is 0. The molecule has 22 heavy (non-hydrogen) atoms. The van der Waals surface area contributed by atoms with Crippen molar-refractivity contribution in [2.75, 3.05) is 25.0 Å². The molecule has 0 aliphatic carbocycles. The SMILES string of the molecule is c1cc(C[C@@H]2CCCNC2)nc(NCCc2cnccn2)c1. The second-order valence-electron chi connectivity index (χ2n) is 5.80. The van der Waals surface area contributed by atoms with Gasteiger partial charge >= 0.3 is 0 Å². The second kappa shape index (κ2) is 7.84. The number of rotatable bonds is 6. The number of hydrogen-bond acceptors (Lipinski definition) is 5. The molecule has 1 atom stereocenters. The lowest BCUT2D eigenvalue weighted by Gasteiger charge is -2.22. The van der Waals surface area contributed by atoms with Gasteiger partial charge in [0, 0.05) is 37.3 Å². The van der Waals surface area contributed by atoms with Crippen molar-refractivity contribution in [2.24, 2.45) is 5.92 Å². The van der Waals surface area contributed by atoms with Gasteiger partial charge in [0.2, 0.25) is 0 Å². The van der Waals surface area contributed by atoms with Crippen LogP contribution in [0.2, 0.25) is 0 Å². The molecule has 1 aliphatic rings. The van der Waals surface area contributed by atoms with E-state index in [0.29, 0.717) is 0 Å². The largest absolute Gasteiger partial charge is 0.370 e. The van der Waals surface area contributed by atoms with Crippen LogP contribution in [-0.2, 0) is 12.8 Å². The van der Waals surface area contributed by atoms with Crippen molar-refractivity contribution < 1.29 is 0 Å². The van der Waals surface area contributed by atoms with Gasteiger partial charge in [-0.15, -0.1) is 0 Å². The van der Waals surface area contributed by atoms with Gasteiger partial charge in [-0.3, -0.25) is 9.97 Å². The van der Waals surface area contributed by atoms with Gasteiger partial charge < -0.3 is 10.6 Å². The Morgan fingerprint density at radius 2 is 2.23 bits per heavy atom. The molecule has 2 aromatic heterocycles. The zero-order valence-electron chi connectivity index (χ0n) is 12.8. The fourth-order valence-electron chi connectivity index (χ4n) is 2.86. The van der Waals surface area contributed by atoms with Crippen LogP contribution in [0.4, 0.5) is 5.82 Å². The molecule has 2 aromatic rings. The highest BCUT2D eigenvalue weighted by Crippen LogP contribution is 2.16. The van der Waals surface area contributed by atoms with Crippen molar-refractivity contribution in [3.63, 3.8) is 0 Å². The van der Waals surface area contributed by atoms with E-state index < -0.39 is 0 Å². The van der Waals surface area contributed by atoms with E-state index in [0.717, 1.165) is 49.9 Å². The van der Waals surface area contributed by atoms with Gasteiger partial charge in [0.25, 0.3) is 0 Å². The topological polar surface area (TPSA) is 62.7 Å². The molecular weight excluding hydrogens is 274 g/mol. The predicted octanol–water partition coefficient (Wildman–Crippen LogP) is 2.07. The lowest BCUT2D eigenvalue weighted by molar-refractivity contribution is 0.373. The van der Waals surface area contributed by atoms with Gasteiger partial charge in [-0.2, -0.15) is 0 Å². The molecule has 1 saturated heterocycles. The van der Waals surface area contributed by atoms with Gasteiger partial charge in [-0.1, -0.05) is 6.07 Å². The fourth-order valence-corrected chi connectivity index (χ4v) is 2.86. The summed E-state index contributed by atoms with van der Waals surface area (Å²) in [5.74, 6) is 1.67. The molecule has 0 saturated carbocycles. The summed E-state index contributed by atoms with van der Waals surface area (Å²) in [6.45, 7) is 3.10. The fraction of sp³-hybridized carbons (Fsp3) is 0.471. The quantitative estimate of drug-likeness (QED) is 0.854. The van der Waals surface area contributed by atoms with E-state index in [4.69, 9.17) is 4.98 Å². The Morgan fingerprint density at radius 1 is 1.23 bits per heavy atom. The van der Waals surface area contributed by atoms with Crippen LogP contribution < -0.4 is 10.6 Å². The molecule has 116 valence electrons. The number of pyridine rings is 1. The molecule has 3 rings (SSSR count). The number of piperidine rings is 1. The molecule has 5 heteroatoms. The molecule has 2 N–H and O–H groups in total. The molecule has 1 fully saturated rings. The molecule has 0 unspecified atom stereocenters. The minimum atomic E-state index is 0.719. The summed E-state index contributed by atoms with van der Waals surface area (Å²) in [4.78, 5) is 13.1. The van der Waals surface area contributed by atoms with Crippen molar-refractivity contribution in [2.45, 2.75) is 25.7 Å². The van der Waals surface area contributed by atoms with Crippen LogP contribution in [0.3, 0.4) is 0 Å². The Balaban J connectivity index is 1.50. The van der Waals surface area contributed by atoms with E-state index in [2.05, 4.69) is 32.7 Å². The highest BCUT2D eigenvalue weighted by Gasteiger charge is 2.14. The number of nitrogens with zero attached hydrogens (tertiary/aromatic N) is 3. The first kappa shape index (κ1) is 14.9. The van der Waals surface area contributed by atoms with Gasteiger partial charge in [0.05, 0.1) is 5.69 Å². The normalized spacial score (nSPS) is 18.1. The van der Waals surface area contributed by atoms with Crippen molar-refractivity contribution in [1.82, 2.24) is 20.3 Å². The Bertz CT molecular complexity index is 566. The van der Waals surface area contributed by atoms with Crippen LogP contribution in [0.5, 0.6) is 0 Å². The lowest BCUT2D eigenvalue weighted by Crippen LogP contribution is -2.31. The van der Waals surface area contributed by atoms with Gasteiger partial charge in [-0.25, -0.2) is 4.98 Å². The van der Waals surface area contributed by atoms with Crippen LogP contribution in [0.15, 0.2) is 36.8 Å². The zero-order chi connectivity index (χ0) is 15.0. The maximum atomic E-state index is 4.72. The van der Waals surface area contributed by atoms with Crippen molar-refractivity contribution in [3.05, 3.63) is 48.2 Å². The number of nitrogens with one attached hydrogen (secondary N) is 2. The molecule has 0 radical (unpaired) electrons. The van der Waals surface area contributed by atoms with E-state index in [-0.39, 0.29) is 0 Å². The maximum absolute atomic E-state index is 4.72. The van der Waals surface area contributed by atoms with Crippen LogP contribution in [-0.4, -0.2) is 34.6 Å². The summed E-state index contributed by atoms with van der Waals surface area (Å²) in [5.41, 5.74) is 2.18. The second-order valence-corrected chi connectivity index (χ2v) is 5.80. The third kappa shape index (κ3) is 4.49. The summed E-state index contributed by atoms with van der Waals surface area (Å²) >= 11 is 0. The van der Waals surface area contributed by atoms with Gasteiger partial charge in [0.1, 0.15) is 5.82 Å². The number of aromatic nitrogens is 3. The minimum absolute atomic E-state index is 0.719. The monoisotopic (exact) mass is 297 g/mol. The molecule has 5 nitrogen and oxygen atoms in total. The Labute approximate surface area is 131 Å². The molecule has 0 amide bonds. The minimum Gasteiger partial charge on any atom is -0.370 e. The highest BCUT2D eigenvalue weighted by atomic mass is 15.0. The maximum Gasteiger partial charge on any atom is 0.126 e. The lowest BCUT2D eigenvalue weighted by atomic mass is 9.94. The van der Waals surface area contributed by atoms with Crippen molar-refractivity contribution in [1.29, 1.82) is 0 Å². The summed E-state index contributed by atoms with van der Waals surface area (Å²) in [6, 6.07) is 6.24. The molecule has 0 bridgehead atoms. The van der Waals surface area contributed by atoms with E-state index >= 15 is 0 Å². The Hall–Kier alpha value is -2.01. The first-order valence-electron chi connectivity index (χ1n) is 8.05. The average Bonchev–Trinajstić information content (AvgIpc) is 2.57. The Kier molecular flexibility index (Phi) is 5.32. The molecule has 1 aliphatic heterocycles. The molecule has 0 aromatic carbocycles. The summed E-state index contributed by atoms with van der Waals surface area (Å²) in [5, 5.41) is 6.84. The van der Waals surface area contributed by atoms with Crippen LogP contribution in [0.25, 0.3) is 0 Å². The molecule has 0 spiro atoms. The third-order valence-corrected chi connectivity index (χ3v) is 4.01. The van der Waals surface area contributed by atoms with Crippen molar-refractivity contribution >= 4 is 5.82 Å². The zero-order valence-corrected chi connectivity index (χ0v) is 12.8. The standard InChI is InChI=1S/C17H23N5/c1-4-15(11-14-3-2-7-18-12-14)22-17(5-1)21-8-6-16-13-19-9-10-20-16/h1,4-5,9-10,13-14,18H,2-3,6-8,11-12H2,(H,21,22)/t14-/m0/s1. The number of hydrogen-bond donors (Lipinski definition) is 2. The summed E-state index contributed by atoms with van der Waals surface area (Å²) in [6.07, 6.45) is 9.73. The highest BCUT2D eigenvalue weighted by molar-refractivity contribution is 5.35. The predicted molar refractivity (Wildman–Crippen MR) is 87.8 cm³/mol. The van der Waals surface area contributed by atoms with Crippen LogP contribution in [0.1, 0.15) is 24.2 Å².